The van der Waals surface area contributed by atoms with Crippen molar-refractivity contribution in [1.82, 2.24) is 5.32 Å². The lowest BCUT2D eigenvalue weighted by Gasteiger charge is -2.16. The lowest BCUT2D eigenvalue weighted by atomic mass is 10.0. The van der Waals surface area contributed by atoms with Crippen molar-refractivity contribution in [2.75, 3.05) is 0 Å². The fourth-order valence-corrected chi connectivity index (χ4v) is 2.84. The molecule has 98 valence electrons. The van der Waals surface area contributed by atoms with Gasteiger partial charge in [-0.05, 0) is 43.7 Å². The number of rotatable bonds is 4. The molecule has 0 spiro atoms. The number of benzene rings is 1. The molecular formula is C15H20ClNO. The summed E-state index contributed by atoms with van der Waals surface area (Å²) in [6.07, 6.45) is 4.51. The number of carbonyl (C=O) groups is 1. The Morgan fingerprint density at radius 1 is 1.39 bits per heavy atom. The standard InChI is InChI=1S/C15H20ClNO/c1-11-5-2-3-6-12(11)9-10-15(18)17-14-8-4-7-13(14)16/h2-3,5-6,13-14H,4,7-10H2,1H3,(H,17,18). The summed E-state index contributed by atoms with van der Waals surface area (Å²) in [6, 6.07) is 8.39. The van der Waals surface area contributed by atoms with Crippen LogP contribution in [0, 0.1) is 6.92 Å². The van der Waals surface area contributed by atoms with Crippen LogP contribution in [0.3, 0.4) is 0 Å². The van der Waals surface area contributed by atoms with Crippen LogP contribution in [0.1, 0.15) is 36.8 Å². The molecule has 1 N–H and O–H groups in total. The van der Waals surface area contributed by atoms with Crippen molar-refractivity contribution in [3.05, 3.63) is 35.4 Å². The Hall–Kier alpha value is -1.02. The smallest absolute Gasteiger partial charge is 0.220 e. The first kappa shape index (κ1) is 13.4. The first-order valence-electron chi connectivity index (χ1n) is 6.65. The molecule has 0 aliphatic heterocycles. The molecule has 1 fully saturated rings. The zero-order chi connectivity index (χ0) is 13.0. The van der Waals surface area contributed by atoms with Crippen molar-refractivity contribution >= 4 is 17.5 Å². The second-order valence-electron chi connectivity index (χ2n) is 5.05. The van der Waals surface area contributed by atoms with E-state index in [0.717, 1.165) is 25.7 Å². The molecule has 0 bridgehead atoms. The number of carbonyl (C=O) groups excluding carboxylic acids is 1. The van der Waals surface area contributed by atoms with Gasteiger partial charge in [0.15, 0.2) is 0 Å². The maximum atomic E-state index is 11.9. The molecule has 0 heterocycles. The highest BCUT2D eigenvalue weighted by atomic mass is 35.5. The minimum atomic E-state index is 0.118. The average Bonchev–Trinajstić information content (AvgIpc) is 2.74. The van der Waals surface area contributed by atoms with Crippen molar-refractivity contribution < 1.29 is 4.79 Å². The van der Waals surface area contributed by atoms with Gasteiger partial charge in [0.05, 0.1) is 5.38 Å². The monoisotopic (exact) mass is 265 g/mol. The Morgan fingerprint density at radius 3 is 2.83 bits per heavy atom. The molecule has 2 rings (SSSR count). The average molecular weight is 266 g/mol. The minimum Gasteiger partial charge on any atom is -0.352 e. The van der Waals surface area contributed by atoms with Crippen molar-refractivity contribution in [1.29, 1.82) is 0 Å². The largest absolute Gasteiger partial charge is 0.352 e. The Morgan fingerprint density at radius 2 is 2.17 bits per heavy atom. The van der Waals surface area contributed by atoms with Gasteiger partial charge in [0, 0.05) is 12.5 Å². The molecule has 3 heteroatoms. The molecule has 1 saturated carbocycles. The van der Waals surface area contributed by atoms with Gasteiger partial charge in [-0.2, -0.15) is 0 Å². The van der Waals surface area contributed by atoms with Crippen LogP contribution >= 0.6 is 11.6 Å². The number of aryl methyl sites for hydroxylation is 2. The third kappa shape index (κ3) is 3.49. The van der Waals surface area contributed by atoms with Crippen molar-refractivity contribution in [3.8, 4) is 0 Å². The van der Waals surface area contributed by atoms with Gasteiger partial charge in [-0.15, -0.1) is 11.6 Å². The third-order valence-electron chi connectivity index (χ3n) is 3.66. The van der Waals surface area contributed by atoms with Crippen LogP contribution in [-0.4, -0.2) is 17.3 Å². The molecule has 2 unspecified atom stereocenters. The predicted molar refractivity (Wildman–Crippen MR) is 74.9 cm³/mol. The summed E-state index contributed by atoms with van der Waals surface area (Å²) in [5.41, 5.74) is 2.50. The molecule has 1 amide bonds. The van der Waals surface area contributed by atoms with Crippen LogP contribution in [0.25, 0.3) is 0 Å². The molecule has 1 aromatic rings. The zero-order valence-corrected chi connectivity index (χ0v) is 11.5. The molecule has 2 nitrogen and oxygen atoms in total. The zero-order valence-electron chi connectivity index (χ0n) is 10.8. The van der Waals surface area contributed by atoms with Crippen LogP contribution < -0.4 is 5.32 Å². The molecule has 0 radical (unpaired) electrons. The Bertz CT molecular complexity index is 419. The van der Waals surface area contributed by atoms with E-state index in [1.165, 1.54) is 11.1 Å². The molecule has 0 aromatic heterocycles. The molecule has 1 aliphatic rings. The van der Waals surface area contributed by atoms with Crippen LogP contribution in [0.4, 0.5) is 0 Å². The quantitative estimate of drug-likeness (QED) is 0.833. The number of hydrogen-bond donors (Lipinski definition) is 1. The second-order valence-corrected chi connectivity index (χ2v) is 5.61. The maximum absolute atomic E-state index is 11.9. The van der Waals surface area contributed by atoms with Gasteiger partial charge >= 0.3 is 0 Å². The van der Waals surface area contributed by atoms with E-state index in [4.69, 9.17) is 11.6 Å². The van der Waals surface area contributed by atoms with Gasteiger partial charge in [-0.3, -0.25) is 4.79 Å². The van der Waals surface area contributed by atoms with Gasteiger partial charge in [0.1, 0.15) is 0 Å². The summed E-state index contributed by atoms with van der Waals surface area (Å²) in [5.74, 6) is 0.121. The molecular weight excluding hydrogens is 246 g/mol. The Balaban J connectivity index is 1.80. The highest BCUT2D eigenvalue weighted by Gasteiger charge is 2.26. The van der Waals surface area contributed by atoms with E-state index in [9.17, 15) is 4.79 Å². The third-order valence-corrected chi connectivity index (χ3v) is 4.18. The summed E-state index contributed by atoms with van der Waals surface area (Å²) in [6.45, 7) is 2.08. The first-order valence-corrected chi connectivity index (χ1v) is 7.08. The van der Waals surface area contributed by atoms with Crippen LogP contribution in [-0.2, 0) is 11.2 Å². The van der Waals surface area contributed by atoms with Crippen molar-refractivity contribution in [2.45, 2.75) is 50.4 Å². The second kappa shape index (κ2) is 6.24. The lowest BCUT2D eigenvalue weighted by Crippen LogP contribution is -2.37. The van der Waals surface area contributed by atoms with E-state index in [1.807, 2.05) is 12.1 Å². The van der Waals surface area contributed by atoms with E-state index in [2.05, 4.69) is 24.4 Å². The van der Waals surface area contributed by atoms with Crippen LogP contribution in [0.5, 0.6) is 0 Å². The van der Waals surface area contributed by atoms with Gasteiger partial charge in [0.2, 0.25) is 5.91 Å². The highest BCUT2D eigenvalue weighted by molar-refractivity contribution is 6.21. The Kier molecular flexibility index (Phi) is 4.65. The van der Waals surface area contributed by atoms with Gasteiger partial charge in [-0.25, -0.2) is 0 Å². The predicted octanol–water partition coefficient (Wildman–Crippen LogP) is 3.20. The van der Waals surface area contributed by atoms with Gasteiger partial charge < -0.3 is 5.32 Å². The minimum absolute atomic E-state index is 0.118. The normalized spacial score (nSPS) is 23.0. The summed E-state index contributed by atoms with van der Waals surface area (Å²) < 4.78 is 0. The number of alkyl halides is 1. The highest BCUT2D eigenvalue weighted by Crippen LogP contribution is 2.24. The first-order chi connectivity index (χ1) is 8.66. The van der Waals surface area contributed by atoms with Crippen LogP contribution in [0.2, 0.25) is 0 Å². The molecule has 1 aliphatic carbocycles. The topological polar surface area (TPSA) is 29.1 Å². The Labute approximate surface area is 114 Å². The SMILES string of the molecule is Cc1ccccc1CCC(=O)NC1CCCC1Cl. The molecule has 0 saturated heterocycles. The summed E-state index contributed by atoms with van der Waals surface area (Å²) in [7, 11) is 0. The fraction of sp³-hybridized carbons (Fsp3) is 0.533. The van der Waals surface area contributed by atoms with E-state index < -0.39 is 0 Å². The lowest BCUT2D eigenvalue weighted by molar-refractivity contribution is -0.121. The number of nitrogens with one attached hydrogen (secondary N) is 1. The van der Waals surface area contributed by atoms with Crippen molar-refractivity contribution in [3.63, 3.8) is 0 Å². The summed E-state index contributed by atoms with van der Waals surface area (Å²) in [5, 5.41) is 3.17. The fourth-order valence-electron chi connectivity index (χ4n) is 2.50. The van der Waals surface area contributed by atoms with E-state index in [1.54, 1.807) is 0 Å². The van der Waals surface area contributed by atoms with E-state index in [-0.39, 0.29) is 17.3 Å². The van der Waals surface area contributed by atoms with E-state index >= 15 is 0 Å². The van der Waals surface area contributed by atoms with Gasteiger partial charge in [-0.1, -0.05) is 24.3 Å². The number of halogens is 1. The summed E-state index contributed by atoms with van der Waals surface area (Å²) >= 11 is 6.15. The summed E-state index contributed by atoms with van der Waals surface area (Å²) in [4.78, 5) is 11.9. The molecule has 2 atom stereocenters. The van der Waals surface area contributed by atoms with Gasteiger partial charge in [0.25, 0.3) is 0 Å². The van der Waals surface area contributed by atoms with E-state index in [0.29, 0.717) is 6.42 Å². The van der Waals surface area contributed by atoms with Crippen molar-refractivity contribution in [2.24, 2.45) is 0 Å². The maximum Gasteiger partial charge on any atom is 0.220 e. The number of hydrogen-bond acceptors (Lipinski definition) is 1. The molecule has 18 heavy (non-hydrogen) atoms. The molecule has 1 aromatic carbocycles. The van der Waals surface area contributed by atoms with Crippen LogP contribution in [0.15, 0.2) is 24.3 Å². The number of amides is 1.